The van der Waals surface area contributed by atoms with Crippen LogP contribution in [0.1, 0.15) is 58.8 Å². The van der Waals surface area contributed by atoms with Crippen LogP contribution in [0.3, 0.4) is 0 Å². The van der Waals surface area contributed by atoms with Crippen molar-refractivity contribution in [1.82, 2.24) is 9.88 Å². The van der Waals surface area contributed by atoms with E-state index in [0.717, 1.165) is 31.5 Å². The molecule has 21 heavy (non-hydrogen) atoms. The molecule has 0 spiro atoms. The molecule has 0 saturated carbocycles. The fourth-order valence-electron chi connectivity index (χ4n) is 2.75. The van der Waals surface area contributed by atoms with Crippen LogP contribution in [0.15, 0.2) is 23.0 Å². The van der Waals surface area contributed by atoms with Gasteiger partial charge >= 0.3 is 0 Å². The van der Waals surface area contributed by atoms with Gasteiger partial charge in [0, 0.05) is 40.8 Å². The van der Waals surface area contributed by atoms with Crippen LogP contribution in [-0.4, -0.2) is 28.9 Å². The lowest BCUT2D eigenvalue weighted by atomic mass is 9.98. The molecule has 0 aliphatic carbocycles. The number of nitrogens with zero attached hydrogens (tertiary/aromatic N) is 2. The summed E-state index contributed by atoms with van der Waals surface area (Å²) in [6.45, 7) is 6.01. The predicted molar refractivity (Wildman–Crippen MR) is 88.4 cm³/mol. The van der Waals surface area contributed by atoms with E-state index in [4.69, 9.17) is 0 Å². The normalized spacial score (nSPS) is 19.2. The molecule has 1 amide bonds. The zero-order chi connectivity index (χ0) is 14.8. The summed E-state index contributed by atoms with van der Waals surface area (Å²) in [5, 5.41) is 5.19. The van der Waals surface area contributed by atoms with Gasteiger partial charge in [-0.2, -0.15) is 0 Å². The van der Waals surface area contributed by atoms with Gasteiger partial charge in [0.2, 0.25) is 0 Å². The summed E-state index contributed by atoms with van der Waals surface area (Å²) < 4.78 is 0. The molecule has 1 unspecified atom stereocenters. The molecule has 3 nitrogen and oxygen atoms in total. The Morgan fingerprint density at radius 3 is 2.95 bits per heavy atom. The molecule has 1 saturated heterocycles. The standard InChI is InChI=1S/C16H20N2OS2/c1-11(2)14-8-13(10-21-14)16(19)18-6-3-4-12(9-18)15-17-5-7-20-15/h5,7-8,10-12H,3-4,6,9H2,1-2H3. The number of carbonyl (C=O) groups excluding carboxylic acids is 1. The highest BCUT2D eigenvalue weighted by molar-refractivity contribution is 7.10. The van der Waals surface area contributed by atoms with Gasteiger partial charge in [0.05, 0.1) is 10.6 Å². The molecule has 1 aliphatic heterocycles. The van der Waals surface area contributed by atoms with Gasteiger partial charge in [-0.05, 0) is 24.8 Å². The van der Waals surface area contributed by atoms with Crippen LogP contribution in [0.25, 0.3) is 0 Å². The second-order valence-corrected chi connectivity index (χ2v) is 7.72. The third-order valence-electron chi connectivity index (χ3n) is 3.94. The molecule has 3 heterocycles. The first-order valence-corrected chi connectivity index (χ1v) is 9.18. The Labute approximate surface area is 133 Å². The van der Waals surface area contributed by atoms with E-state index in [1.165, 1.54) is 9.88 Å². The average molecular weight is 320 g/mol. The number of piperidine rings is 1. The minimum absolute atomic E-state index is 0.180. The van der Waals surface area contributed by atoms with Crippen molar-refractivity contribution in [2.45, 2.75) is 38.5 Å². The highest BCUT2D eigenvalue weighted by atomic mass is 32.1. The Hall–Kier alpha value is -1.20. The number of thiophene rings is 1. The van der Waals surface area contributed by atoms with Crippen LogP contribution >= 0.6 is 22.7 Å². The van der Waals surface area contributed by atoms with Crippen molar-refractivity contribution in [2.24, 2.45) is 0 Å². The maximum atomic E-state index is 12.7. The summed E-state index contributed by atoms with van der Waals surface area (Å²) in [6, 6.07) is 2.06. The van der Waals surface area contributed by atoms with Crippen molar-refractivity contribution in [2.75, 3.05) is 13.1 Å². The van der Waals surface area contributed by atoms with Gasteiger partial charge in [-0.1, -0.05) is 13.8 Å². The zero-order valence-corrected chi connectivity index (χ0v) is 14.0. The first-order valence-electron chi connectivity index (χ1n) is 7.42. The Morgan fingerprint density at radius 1 is 1.43 bits per heavy atom. The van der Waals surface area contributed by atoms with Crippen LogP contribution in [0, 0.1) is 0 Å². The second kappa shape index (κ2) is 6.28. The number of hydrogen-bond acceptors (Lipinski definition) is 4. The Kier molecular flexibility index (Phi) is 4.40. The minimum Gasteiger partial charge on any atom is -0.338 e. The zero-order valence-electron chi connectivity index (χ0n) is 12.4. The molecule has 1 fully saturated rings. The van der Waals surface area contributed by atoms with E-state index in [2.05, 4.69) is 24.9 Å². The summed E-state index contributed by atoms with van der Waals surface area (Å²) in [5.41, 5.74) is 0.850. The summed E-state index contributed by atoms with van der Waals surface area (Å²) in [7, 11) is 0. The van der Waals surface area contributed by atoms with Crippen molar-refractivity contribution >= 4 is 28.6 Å². The first kappa shape index (κ1) is 14.7. The van der Waals surface area contributed by atoms with Crippen LogP contribution in [0.5, 0.6) is 0 Å². The highest BCUT2D eigenvalue weighted by Crippen LogP contribution is 2.30. The van der Waals surface area contributed by atoms with Crippen molar-refractivity contribution in [3.8, 4) is 0 Å². The Balaban J connectivity index is 1.71. The second-order valence-electron chi connectivity index (χ2n) is 5.85. The van der Waals surface area contributed by atoms with E-state index in [0.29, 0.717) is 11.8 Å². The number of amides is 1. The molecule has 2 aromatic rings. The number of rotatable bonds is 3. The van der Waals surface area contributed by atoms with Crippen LogP contribution in [-0.2, 0) is 0 Å². The number of carbonyl (C=O) groups is 1. The molecule has 0 bridgehead atoms. The van der Waals surface area contributed by atoms with E-state index in [1.807, 2.05) is 21.9 Å². The molecular weight excluding hydrogens is 300 g/mol. The summed E-state index contributed by atoms with van der Waals surface area (Å²) in [4.78, 5) is 20.4. The Bertz CT molecular complexity index is 604. The SMILES string of the molecule is CC(C)c1cc(C(=O)N2CCCC(c3nccs3)C2)cs1. The predicted octanol–water partition coefficient (Wildman–Crippen LogP) is 4.35. The van der Waals surface area contributed by atoms with Crippen molar-refractivity contribution in [3.05, 3.63) is 38.5 Å². The fraction of sp³-hybridized carbons (Fsp3) is 0.500. The molecule has 0 radical (unpaired) electrons. The van der Waals surface area contributed by atoms with Crippen molar-refractivity contribution < 1.29 is 4.79 Å². The average Bonchev–Trinajstić information content (AvgIpc) is 3.18. The molecule has 5 heteroatoms. The third-order valence-corrected chi connectivity index (χ3v) is 6.12. The van der Waals surface area contributed by atoms with E-state index in [1.54, 1.807) is 22.7 Å². The van der Waals surface area contributed by atoms with Gasteiger partial charge in [0.15, 0.2) is 0 Å². The molecule has 1 aliphatic rings. The van der Waals surface area contributed by atoms with Gasteiger partial charge in [0.25, 0.3) is 5.91 Å². The topological polar surface area (TPSA) is 33.2 Å². The first-order chi connectivity index (χ1) is 10.1. The summed E-state index contributed by atoms with van der Waals surface area (Å²) in [6.07, 6.45) is 4.06. The van der Waals surface area contributed by atoms with E-state index in [9.17, 15) is 4.79 Å². The monoisotopic (exact) mass is 320 g/mol. The smallest absolute Gasteiger partial charge is 0.254 e. The van der Waals surface area contributed by atoms with Gasteiger partial charge in [-0.15, -0.1) is 22.7 Å². The lowest BCUT2D eigenvalue weighted by molar-refractivity contribution is 0.0707. The number of thiazole rings is 1. The number of aromatic nitrogens is 1. The molecule has 112 valence electrons. The quantitative estimate of drug-likeness (QED) is 0.842. The number of likely N-dealkylation sites (tertiary alicyclic amines) is 1. The maximum absolute atomic E-state index is 12.7. The van der Waals surface area contributed by atoms with Crippen molar-refractivity contribution in [1.29, 1.82) is 0 Å². The van der Waals surface area contributed by atoms with Gasteiger partial charge in [-0.3, -0.25) is 4.79 Å². The molecule has 2 aromatic heterocycles. The van der Waals surface area contributed by atoms with Crippen LogP contribution in [0.4, 0.5) is 0 Å². The molecule has 1 atom stereocenters. The van der Waals surface area contributed by atoms with Crippen molar-refractivity contribution in [3.63, 3.8) is 0 Å². The van der Waals surface area contributed by atoms with Gasteiger partial charge in [0.1, 0.15) is 0 Å². The molecule has 0 N–H and O–H groups in total. The third kappa shape index (κ3) is 3.19. The molecule has 0 aromatic carbocycles. The molecular formula is C16H20N2OS2. The maximum Gasteiger partial charge on any atom is 0.254 e. The lowest BCUT2D eigenvalue weighted by Gasteiger charge is -2.31. The summed E-state index contributed by atoms with van der Waals surface area (Å²) in [5.74, 6) is 1.08. The Morgan fingerprint density at radius 2 is 2.29 bits per heavy atom. The fourth-order valence-corrected chi connectivity index (χ4v) is 4.42. The lowest BCUT2D eigenvalue weighted by Crippen LogP contribution is -2.38. The largest absolute Gasteiger partial charge is 0.338 e. The molecule has 3 rings (SSSR count). The van der Waals surface area contributed by atoms with Gasteiger partial charge < -0.3 is 4.90 Å². The van der Waals surface area contributed by atoms with Crippen LogP contribution in [0.2, 0.25) is 0 Å². The highest BCUT2D eigenvalue weighted by Gasteiger charge is 2.27. The summed E-state index contributed by atoms with van der Waals surface area (Å²) >= 11 is 3.39. The minimum atomic E-state index is 0.180. The van der Waals surface area contributed by atoms with Gasteiger partial charge in [-0.25, -0.2) is 4.98 Å². The van der Waals surface area contributed by atoms with E-state index in [-0.39, 0.29) is 5.91 Å². The number of hydrogen-bond donors (Lipinski definition) is 0. The van der Waals surface area contributed by atoms with E-state index >= 15 is 0 Å². The van der Waals surface area contributed by atoms with E-state index < -0.39 is 0 Å². The van der Waals surface area contributed by atoms with Crippen LogP contribution < -0.4 is 0 Å².